The molecule has 2 atom stereocenters. The van der Waals surface area contributed by atoms with Crippen molar-refractivity contribution < 1.29 is 4.74 Å². The van der Waals surface area contributed by atoms with Crippen LogP contribution in [0.15, 0.2) is 24.3 Å². The van der Waals surface area contributed by atoms with Gasteiger partial charge in [0, 0.05) is 25.2 Å². The molecule has 2 rings (SSSR count). The van der Waals surface area contributed by atoms with Crippen LogP contribution in [0.2, 0.25) is 0 Å². The molecular weight excluding hydrogens is 236 g/mol. The fourth-order valence-electron chi connectivity index (χ4n) is 2.95. The molecule has 1 aliphatic rings. The number of likely N-dealkylation sites (tertiary alicyclic amines) is 1. The number of hydrogen-bond acceptors (Lipinski definition) is 3. The van der Waals surface area contributed by atoms with Gasteiger partial charge in [-0.05, 0) is 37.1 Å². The molecule has 3 nitrogen and oxygen atoms in total. The van der Waals surface area contributed by atoms with Crippen LogP contribution in [0.3, 0.4) is 0 Å². The lowest BCUT2D eigenvalue weighted by Crippen LogP contribution is -2.32. The van der Waals surface area contributed by atoms with Gasteiger partial charge in [0.15, 0.2) is 0 Å². The van der Waals surface area contributed by atoms with Crippen molar-refractivity contribution in [3.05, 3.63) is 29.8 Å². The predicted octanol–water partition coefficient (Wildman–Crippen LogP) is 2.66. The smallest absolute Gasteiger partial charge is 0.118 e. The summed E-state index contributed by atoms with van der Waals surface area (Å²) in [4.78, 5) is 2.59. The third-order valence-electron chi connectivity index (χ3n) is 4.16. The molecule has 0 aromatic heterocycles. The Morgan fingerprint density at radius 1 is 1.26 bits per heavy atom. The molecule has 1 aromatic carbocycles. The molecule has 1 aliphatic heterocycles. The normalized spacial score (nSPS) is 23.7. The zero-order chi connectivity index (χ0) is 13.7. The van der Waals surface area contributed by atoms with E-state index in [1.54, 1.807) is 7.11 Å². The van der Waals surface area contributed by atoms with E-state index in [0.717, 1.165) is 18.3 Å². The van der Waals surface area contributed by atoms with Gasteiger partial charge in [-0.3, -0.25) is 4.90 Å². The second-order valence-electron chi connectivity index (χ2n) is 5.31. The SMILES string of the molecule is CCC1CC(NCc2ccc(OC)cc2)CN1CC. The number of rotatable bonds is 6. The summed E-state index contributed by atoms with van der Waals surface area (Å²) in [7, 11) is 1.70. The fraction of sp³-hybridized carbons (Fsp3) is 0.625. The number of methoxy groups -OCH3 is 1. The van der Waals surface area contributed by atoms with Crippen LogP contribution < -0.4 is 10.1 Å². The van der Waals surface area contributed by atoms with Gasteiger partial charge in [0.05, 0.1) is 7.11 Å². The maximum absolute atomic E-state index is 5.18. The Balaban J connectivity index is 1.82. The molecule has 0 spiro atoms. The Morgan fingerprint density at radius 3 is 2.53 bits per heavy atom. The zero-order valence-corrected chi connectivity index (χ0v) is 12.4. The van der Waals surface area contributed by atoms with E-state index in [4.69, 9.17) is 4.74 Å². The van der Waals surface area contributed by atoms with Crippen LogP contribution in [0.25, 0.3) is 0 Å². The van der Waals surface area contributed by atoms with E-state index >= 15 is 0 Å². The summed E-state index contributed by atoms with van der Waals surface area (Å²) in [6.07, 6.45) is 2.54. The van der Waals surface area contributed by atoms with Crippen LogP contribution in [-0.4, -0.2) is 37.2 Å². The third kappa shape index (κ3) is 3.71. The number of nitrogens with zero attached hydrogens (tertiary/aromatic N) is 1. The molecule has 1 heterocycles. The van der Waals surface area contributed by atoms with Gasteiger partial charge in [-0.15, -0.1) is 0 Å². The monoisotopic (exact) mass is 262 g/mol. The van der Waals surface area contributed by atoms with Crippen molar-refractivity contribution in [3.63, 3.8) is 0 Å². The van der Waals surface area contributed by atoms with Gasteiger partial charge in [0.25, 0.3) is 0 Å². The lowest BCUT2D eigenvalue weighted by molar-refractivity contribution is 0.259. The van der Waals surface area contributed by atoms with Gasteiger partial charge in [-0.2, -0.15) is 0 Å². The van der Waals surface area contributed by atoms with Crippen molar-refractivity contribution in [2.45, 2.75) is 45.3 Å². The molecule has 0 radical (unpaired) electrons. The Bertz CT molecular complexity index is 365. The van der Waals surface area contributed by atoms with Gasteiger partial charge >= 0.3 is 0 Å². The molecule has 0 saturated carbocycles. The van der Waals surface area contributed by atoms with E-state index in [0.29, 0.717) is 6.04 Å². The number of benzene rings is 1. The lowest BCUT2D eigenvalue weighted by Gasteiger charge is -2.20. The number of ether oxygens (including phenoxy) is 1. The molecular formula is C16H26N2O. The van der Waals surface area contributed by atoms with E-state index in [9.17, 15) is 0 Å². The molecule has 1 saturated heterocycles. The van der Waals surface area contributed by atoms with Crippen molar-refractivity contribution in [1.82, 2.24) is 10.2 Å². The van der Waals surface area contributed by atoms with E-state index in [1.165, 1.54) is 31.5 Å². The quantitative estimate of drug-likeness (QED) is 0.853. The molecule has 0 amide bonds. The number of likely N-dealkylation sites (N-methyl/N-ethyl adjacent to an activating group) is 1. The summed E-state index contributed by atoms with van der Waals surface area (Å²) < 4.78 is 5.18. The zero-order valence-electron chi connectivity index (χ0n) is 12.4. The lowest BCUT2D eigenvalue weighted by atomic mass is 10.1. The Kier molecular flexibility index (Phi) is 5.23. The minimum Gasteiger partial charge on any atom is -0.497 e. The second kappa shape index (κ2) is 6.92. The average Bonchev–Trinajstić information content (AvgIpc) is 2.88. The average molecular weight is 262 g/mol. The van der Waals surface area contributed by atoms with Crippen molar-refractivity contribution in [2.24, 2.45) is 0 Å². The van der Waals surface area contributed by atoms with E-state index in [1.807, 2.05) is 12.1 Å². The predicted molar refractivity (Wildman–Crippen MR) is 79.6 cm³/mol. The molecule has 1 N–H and O–H groups in total. The van der Waals surface area contributed by atoms with Crippen LogP contribution in [0.1, 0.15) is 32.3 Å². The number of hydrogen-bond donors (Lipinski definition) is 1. The topological polar surface area (TPSA) is 24.5 Å². The van der Waals surface area contributed by atoms with Gasteiger partial charge in [0.1, 0.15) is 5.75 Å². The van der Waals surface area contributed by atoms with Gasteiger partial charge in [0.2, 0.25) is 0 Å². The minimum atomic E-state index is 0.631. The molecule has 1 aromatic rings. The highest BCUT2D eigenvalue weighted by atomic mass is 16.5. The molecule has 0 aliphatic carbocycles. The molecule has 19 heavy (non-hydrogen) atoms. The van der Waals surface area contributed by atoms with Crippen LogP contribution >= 0.6 is 0 Å². The Hall–Kier alpha value is -1.06. The highest BCUT2D eigenvalue weighted by Crippen LogP contribution is 2.20. The summed E-state index contributed by atoms with van der Waals surface area (Å²) in [5, 5.41) is 3.68. The molecule has 1 fully saturated rings. The van der Waals surface area contributed by atoms with Crippen molar-refractivity contribution in [1.29, 1.82) is 0 Å². The highest BCUT2D eigenvalue weighted by Gasteiger charge is 2.28. The van der Waals surface area contributed by atoms with E-state index in [2.05, 4.69) is 36.2 Å². The first kappa shape index (κ1) is 14.4. The summed E-state index contributed by atoms with van der Waals surface area (Å²) in [6.45, 7) is 7.85. The minimum absolute atomic E-state index is 0.631. The first-order valence-corrected chi connectivity index (χ1v) is 7.37. The number of nitrogens with one attached hydrogen (secondary N) is 1. The second-order valence-corrected chi connectivity index (χ2v) is 5.31. The Morgan fingerprint density at radius 2 is 2.00 bits per heavy atom. The molecule has 3 heteroatoms. The summed E-state index contributed by atoms with van der Waals surface area (Å²) in [6, 6.07) is 9.72. The molecule has 106 valence electrons. The largest absolute Gasteiger partial charge is 0.497 e. The Labute approximate surface area is 116 Å². The standard InChI is InChI=1S/C16H26N2O/c1-4-15-10-14(12-18(15)5-2)17-11-13-6-8-16(19-3)9-7-13/h6-9,14-15,17H,4-5,10-12H2,1-3H3. The first-order chi connectivity index (χ1) is 9.26. The van der Waals surface area contributed by atoms with Crippen LogP contribution in [-0.2, 0) is 6.54 Å². The first-order valence-electron chi connectivity index (χ1n) is 7.37. The van der Waals surface area contributed by atoms with E-state index < -0.39 is 0 Å². The van der Waals surface area contributed by atoms with Crippen LogP contribution in [0, 0.1) is 0 Å². The van der Waals surface area contributed by atoms with Crippen LogP contribution in [0.4, 0.5) is 0 Å². The molecule has 2 unspecified atom stereocenters. The van der Waals surface area contributed by atoms with Crippen LogP contribution in [0.5, 0.6) is 5.75 Å². The maximum Gasteiger partial charge on any atom is 0.118 e. The van der Waals surface area contributed by atoms with Gasteiger partial charge in [-0.1, -0.05) is 26.0 Å². The summed E-state index contributed by atoms with van der Waals surface area (Å²) in [5.74, 6) is 0.924. The van der Waals surface area contributed by atoms with Crippen molar-refractivity contribution in [3.8, 4) is 5.75 Å². The fourth-order valence-corrected chi connectivity index (χ4v) is 2.95. The van der Waals surface area contributed by atoms with Crippen molar-refractivity contribution in [2.75, 3.05) is 20.2 Å². The summed E-state index contributed by atoms with van der Waals surface area (Å²) in [5.41, 5.74) is 1.32. The highest BCUT2D eigenvalue weighted by molar-refractivity contribution is 5.27. The third-order valence-corrected chi connectivity index (χ3v) is 4.16. The van der Waals surface area contributed by atoms with Gasteiger partial charge < -0.3 is 10.1 Å². The van der Waals surface area contributed by atoms with Gasteiger partial charge in [-0.25, -0.2) is 0 Å². The van der Waals surface area contributed by atoms with Crippen molar-refractivity contribution >= 4 is 0 Å². The van der Waals surface area contributed by atoms with E-state index in [-0.39, 0.29) is 0 Å². The maximum atomic E-state index is 5.18. The summed E-state index contributed by atoms with van der Waals surface area (Å²) >= 11 is 0. The molecule has 0 bridgehead atoms.